The topological polar surface area (TPSA) is 48.1 Å². The lowest BCUT2D eigenvalue weighted by Gasteiger charge is -2.11. The quantitative estimate of drug-likeness (QED) is 0.549. The van der Waals surface area contributed by atoms with Gasteiger partial charge in [-0.15, -0.1) is 12.6 Å². The zero-order valence-electron chi connectivity index (χ0n) is 12.5. The summed E-state index contributed by atoms with van der Waals surface area (Å²) in [5.41, 5.74) is 12.0. The highest BCUT2D eigenvalue weighted by atomic mass is 32.1. The molecule has 23 heavy (non-hydrogen) atoms. The summed E-state index contributed by atoms with van der Waals surface area (Å²) in [5, 5.41) is 0. The summed E-state index contributed by atoms with van der Waals surface area (Å²) < 4.78 is 5.59. The summed E-state index contributed by atoms with van der Waals surface area (Å²) >= 11 is 4.43. The third-order valence-corrected chi connectivity index (χ3v) is 4.50. The third-order valence-electron chi connectivity index (χ3n) is 4.11. The highest BCUT2D eigenvalue weighted by Crippen LogP contribution is 2.35. The van der Waals surface area contributed by atoms with Crippen LogP contribution >= 0.6 is 12.6 Å². The second-order valence-corrected chi connectivity index (χ2v) is 6.08. The van der Waals surface area contributed by atoms with Crippen LogP contribution in [0.4, 0.5) is 5.69 Å². The van der Waals surface area contributed by atoms with Gasteiger partial charge in [-0.05, 0) is 47.5 Å². The van der Waals surface area contributed by atoms with E-state index in [1.54, 1.807) is 0 Å². The Morgan fingerprint density at radius 1 is 1.04 bits per heavy atom. The molecule has 2 aromatic carbocycles. The zero-order valence-corrected chi connectivity index (χ0v) is 13.4. The predicted octanol–water partition coefficient (Wildman–Crippen LogP) is 4.22. The van der Waals surface area contributed by atoms with Crippen molar-refractivity contribution >= 4 is 18.3 Å². The average molecular weight is 320 g/mol. The smallest absolute Gasteiger partial charge is 0.122 e. The molecule has 0 radical (unpaired) electrons. The van der Waals surface area contributed by atoms with Crippen LogP contribution in [-0.2, 0) is 6.42 Å². The van der Waals surface area contributed by atoms with Gasteiger partial charge in [-0.2, -0.15) is 0 Å². The van der Waals surface area contributed by atoms with E-state index in [2.05, 4.69) is 35.8 Å². The van der Waals surface area contributed by atoms with E-state index in [9.17, 15) is 0 Å². The summed E-state index contributed by atoms with van der Waals surface area (Å²) in [4.78, 5) is 5.38. The van der Waals surface area contributed by atoms with Crippen molar-refractivity contribution in [2.75, 3.05) is 12.3 Å². The van der Waals surface area contributed by atoms with E-state index in [4.69, 9.17) is 10.5 Å². The molecule has 1 aliphatic rings. The van der Waals surface area contributed by atoms with Crippen molar-refractivity contribution in [3.63, 3.8) is 0 Å². The Labute approximate surface area is 140 Å². The molecule has 2 N–H and O–H groups in total. The van der Waals surface area contributed by atoms with Gasteiger partial charge in [-0.3, -0.25) is 4.98 Å². The van der Waals surface area contributed by atoms with Gasteiger partial charge in [0, 0.05) is 34.3 Å². The van der Waals surface area contributed by atoms with Crippen molar-refractivity contribution in [2.45, 2.75) is 11.3 Å². The van der Waals surface area contributed by atoms with Crippen LogP contribution in [0.1, 0.15) is 5.56 Å². The van der Waals surface area contributed by atoms with Gasteiger partial charge in [-0.25, -0.2) is 0 Å². The number of benzene rings is 2. The van der Waals surface area contributed by atoms with Crippen LogP contribution in [0.25, 0.3) is 22.4 Å². The van der Waals surface area contributed by atoms with Crippen LogP contribution in [-0.4, -0.2) is 11.6 Å². The lowest BCUT2D eigenvalue weighted by atomic mass is 9.97. The van der Waals surface area contributed by atoms with Crippen molar-refractivity contribution in [1.82, 2.24) is 4.98 Å². The summed E-state index contributed by atoms with van der Waals surface area (Å²) in [6, 6.07) is 16.2. The van der Waals surface area contributed by atoms with E-state index in [1.165, 1.54) is 5.56 Å². The van der Waals surface area contributed by atoms with Gasteiger partial charge >= 0.3 is 0 Å². The maximum absolute atomic E-state index is 5.87. The number of nitrogens with zero attached hydrogens (tertiary/aromatic N) is 1. The summed E-state index contributed by atoms with van der Waals surface area (Å²) in [6.07, 6.45) is 2.77. The molecule has 0 aliphatic carbocycles. The van der Waals surface area contributed by atoms with E-state index < -0.39 is 0 Å². The molecule has 0 saturated carbocycles. The van der Waals surface area contributed by atoms with Crippen LogP contribution in [0.15, 0.2) is 59.6 Å². The number of aromatic nitrogens is 1. The predicted molar refractivity (Wildman–Crippen MR) is 96.0 cm³/mol. The molecule has 114 valence electrons. The first-order valence-corrected chi connectivity index (χ1v) is 7.97. The number of ether oxygens (including phenoxy) is 1. The average Bonchev–Trinajstić information content (AvgIpc) is 3.05. The van der Waals surface area contributed by atoms with E-state index in [1.807, 2.05) is 36.5 Å². The second kappa shape index (κ2) is 5.63. The number of rotatable bonds is 2. The normalized spacial score (nSPS) is 12.7. The van der Waals surface area contributed by atoms with Crippen molar-refractivity contribution in [3.8, 4) is 28.1 Å². The Morgan fingerprint density at radius 3 is 2.78 bits per heavy atom. The number of nitrogens with two attached hydrogens (primary N) is 1. The molecule has 1 aromatic heterocycles. The Hall–Kier alpha value is -2.46. The number of thiol groups is 1. The number of anilines is 1. The van der Waals surface area contributed by atoms with E-state index in [0.29, 0.717) is 5.69 Å². The van der Waals surface area contributed by atoms with Gasteiger partial charge in [0.05, 0.1) is 12.3 Å². The van der Waals surface area contributed by atoms with Crippen molar-refractivity contribution in [3.05, 3.63) is 60.3 Å². The van der Waals surface area contributed by atoms with Crippen LogP contribution < -0.4 is 10.5 Å². The lowest BCUT2D eigenvalue weighted by molar-refractivity contribution is 0.357. The minimum atomic E-state index is 0.678. The standard InChI is InChI=1S/C19H16N2OS/c20-16-5-3-12(11-18(16)23)15-2-1-8-21-19(15)14-4-6-17-13(10-14)7-9-22-17/h1-6,8,10-11,23H,7,9,20H2. The summed E-state index contributed by atoms with van der Waals surface area (Å²) in [6.45, 7) is 0.759. The fourth-order valence-electron chi connectivity index (χ4n) is 2.91. The van der Waals surface area contributed by atoms with Gasteiger partial charge < -0.3 is 10.5 Å². The highest BCUT2D eigenvalue weighted by molar-refractivity contribution is 7.80. The molecule has 0 saturated heterocycles. The molecular formula is C19H16N2OS. The van der Waals surface area contributed by atoms with Gasteiger partial charge in [-0.1, -0.05) is 12.1 Å². The number of hydrogen-bond donors (Lipinski definition) is 2. The molecule has 0 bridgehead atoms. The van der Waals surface area contributed by atoms with E-state index in [-0.39, 0.29) is 0 Å². The SMILES string of the molecule is Nc1ccc(-c2cccnc2-c2ccc3c(c2)CCO3)cc1S. The maximum atomic E-state index is 5.87. The fourth-order valence-corrected chi connectivity index (χ4v) is 3.13. The Balaban J connectivity index is 1.85. The second-order valence-electron chi connectivity index (χ2n) is 5.59. The van der Waals surface area contributed by atoms with Crippen LogP contribution in [0.5, 0.6) is 5.75 Å². The van der Waals surface area contributed by atoms with Gasteiger partial charge in [0.25, 0.3) is 0 Å². The molecule has 2 heterocycles. The lowest BCUT2D eigenvalue weighted by Crippen LogP contribution is -1.92. The van der Waals surface area contributed by atoms with Crippen molar-refractivity contribution in [2.24, 2.45) is 0 Å². The number of fused-ring (bicyclic) bond motifs is 1. The van der Waals surface area contributed by atoms with Crippen molar-refractivity contribution in [1.29, 1.82) is 0 Å². The largest absolute Gasteiger partial charge is 0.493 e. The molecule has 4 heteroatoms. The summed E-state index contributed by atoms with van der Waals surface area (Å²) in [7, 11) is 0. The minimum absolute atomic E-state index is 0.678. The first-order valence-electron chi connectivity index (χ1n) is 7.52. The zero-order chi connectivity index (χ0) is 15.8. The molecule has 3 nitrogen and oxygen atoms in total. The molecule has 3 aromatic rings. The molecule has 0 fully saturated rings. The van der Waals surface area contributed by atoms with E-state index in [0.717, 1.165) is 46.1 Å². The molecule has 0 amide bonds. The molecule has 0 atom stereocenters. The van der Waals surface area contributed by atoms with E-state index >= 15 is 0 Å². The molecule has 1 aliphatic heterocycles. The Bertz CT molecular complexity index is 892. The molecule has 4 rings (SSSR count). The number of nitrogen functional groups attached to an aromatic ring is 1. The van der Waals surface area contributed by atoms with Gasteiger partial charge in [0.15, 0.2) is 0 Å². The Morgan fingerprint density at radius 2 is 1.91 bits per heavy atom. The number of hydrogen-bond acceptors (Lipinski definition) is 4. The third kappa shape index (κ3) is 2.55. The molecule has 0 unspecified atom stereocenters. The Kier molecular flexibility index (Phi) is 3.46. The van der Waals surface area contributed by atoms with Crippen LogP contribution in [0.2, 0.25) is 0 Å². The van der Waals surface area contributed by atoms with Crippen molar-refractivity contribution < 1.29 is 4.74 Å². The molecular weight excluding hydrogens is 304 g/mol. The van der Waals surface area contributed by atoms with Gasteiger partial charge in [0.1, 0.15) is 5.75 Å². The van der Waals surface area contributed by atoms with Crippen LogP contribution in [0.3, 0.4) is 0 Å². The van der Waals surface area contributed by atoms with Crippen LogP contribution in [0, 0.1) is 0 Å². The summed E-state index contributed by atoms with van der Waals surface area (Å²) in [5.74, 6) is 0.983. The maximum Gasteiger partial charge on any atom is 0.122 e. The molecule has 0 spiro atoms. The fraction of sp³-hybridized carbons (Fsp3) is 0.105. The number of pyridine rings is 1. The highest BCUT2D eigenvalue weighted by Gasteiger charge is 2.15. The monoisotopic (exact) mass is 320 g/mol. The first kappa shape index (κ1) is 14.2. The first-order chi connectivity index (χ1) is 11.2. The van der Waals surface area contributed by atoms with Gasteiger partial charge in [0.2, 0.25) is 0 Å². The minimum Gasteiger partial charge on any atom is -0.493 e.